The van der Waals surface area contributed by atoms with Crippen molar-refractivity contribution in [1.29, 1.82) is 0 Å². The van der Waals surface area contributed by atoms with Crippen molar-refractivity contribution in [2.75, 3.05) is 12.8 Å². The normalized spacial score (nSPS) is 17.7. The third-order valence-corrected chi connectivity index (χ3v) is 6.09. The van der Waals surface area contributed by atoms with Crippen LogP contribution in [0.15, 0.2) is 29.2 Å². The molecule has 1 fully saturated rings. The Morgan fingerprint density at radius 3 is 2.72 bits per heavy atom. The summed E-state index contributed by atoms with van der Waals surface area (Å²) in [6, 6.07) is 6.77. The molecule has 0 radical (unpaired) electrons. The van der Waals surface area contributed by atoms with Gasteiger partial charge in [0, 0.05) is 17.8 Å². The molecular formula is C12H18N2O2S2. The van der Waals surface area contributed by atoms with Crippen molar-refractivity contribution in [2.45, 2.75) is 29.0 Å². The van der Waals surface area contributed by atoms with Crippen molar-refractivity contribution in [1.82, 2.24) is 4.72 Å². The van der Waals surface area contributed by atoms with Gasteiger partial charge in [-0.05, 0) is 36.8 Å². The van der Waals surface area contributed by atoms with Crippen LogP contribution in [0.2, 0.25) is 0 Å². The maximum absolute atomic E-state index is 12.1. The molecule has 0 atom stereocenters. The zero-order chi connectivity index (χ0) is 13.2. The lowest BCUT2D eigenvalue weighted by Gasteiger charge is -2.13. The van der Waals surface area contributed by atoms with Gasteiger partial charge in [0.05, 0.1) is 4.90 Å². The molecule has 18 heavy (non-hydrogen) atoms. The molecule has 1 aliphatic carbocycles. The maximum Gasteiger partial charge on any atom is 0.240 e. The van der Waals surface area contributed by atoms with Gasteiger partial charge in [0.15, 0.2) is 0 Å². The van der Waals surface area contributed by atoms with Crippen LogP contribution in [0.25, 0.3) is 0 Å². The number of nitrogens with one attached hydrogen (secondary N) is 1. The molecule has 0 heterocycles. The third-order valence-electron chi connectivity index (χ3n) is 3.27. The van der Waals surface area contributed by atoms with Crippen LogP contribution in [0.4, 0.5) is 0 Å². The summed E-state index contributed by atoms with van der Waals surface area (Å²) in [5.41, 5.74) is 6.34. The van der Waals surface area contributed by atoms with E-state index in [1.165, 1.54) is 0 Å². The Morgan fingerprint density at radius 2 is 2.17 bits per heavy atom. The minimum atomic E-state index is -3.42. The molecule has 0 saturated heterocycles. The van der Waals surface area contributed by atoms with Gasteiger partial charge in [-0.15, -0.1) is 0 Å². The number of thioether (sulfide) groups is 1. The zero-order valence-corrected chi connectivity index (χ0v) is 12.0. The van der Waals surface area contributed by atoms with E-state index in [4.69, 9.17) is 5.73 Å². The highest BCUT2D eigenvalue weighted by molar-refractivity contribution is 8.00. The lowest BCUT2D eigenvalue weighted by atomic mass is 10.2. The van der Waals surface area contributed by atoms with E-state index in [1.54, 1.807) is 30.0 Å². The number of nitrogens with two attached hydrogens (primary N) is 1. The van der Waals surface area contributed by atoms with Gasteiger partial charge in [0.2, 0.25) is 10.0 Å². The van der Waals surface area contributed by atoms with Crippen LogP contribution in [0, 0.1) is 0 Å². The van der Waals surface area contributed by atoms with E-state index >= 15 is 0 Å². The molecule has 0 spiro atoms. The fourth-order valence-electron chi connectivity index (χ4n) is 1.74. The van der Waals surface area contributed by atoms with Crippen molar-refractivity contribution < 1.29 is 8.42 Å². The topological polar surface area (TPSA) is 72.2 Å². The van der Waals surface area contributed by atoms with E-state index in [2.05, 4.69) is 4.72 Å². The molecule has 1 aliphatic rings. The molecule has 3 N–H and O–H groups in total. The van der Waals surface area contributed by atoms with E-state index in [1.807, 2.05) is 12.3 Å². The van der Waals surface area contributed by atoms with Crippen molar-refractivity contribution in [3.8, 4) is 0 Å². The van der Waals surface area contributed by atoms with Crippen LogP contribution in [-0.4, -0.2) is 26.0 Å². The summed E-state index contributed by atoms with van der Waals surface area (Å²) in [7, 11) is -3.42. The van der Waals surface area contributed by atoms with Gasteiger partial charge in [-0.2, -0.15) is 11.8 Å². The van der Waals surface area contributed by atoms with Crippen LogP contribution in [0.1, 0.15) is 18.4 Å². The highest BCUT2D eigenvalue weighted by Crippen LogP contribution is 2.46. The highest BCUT2D eigenvalue weighted by atomic mass is 32.2. The Hall–Kier alpha value is -0.560. The van der Waals surface area contributed by atoms with Crippen LogP contribution in [0.3, 0.4) is 0 Å². The summed E-state index contributed by atoms with van der Waals surface area (Å²) < 4.78 is 27.1. The van der Waals surface area contributed by atoms with Gasteiger partial charge in [-0.1, -0.05) is 12.1 Å². The van der Waals surface area contributed by atoms with E-state index in [-0.39, 0.29) is 4.75 Å². The first-order valence-electron chi connectivity index (χ1n) is 5.85. The smallest absolute Gasteiger partial charge is 0.240 e. The standard InChI is InChI=1S/C12H18N2O2S2/c1-17-12(5-6-12)9-14-18(15,16)11-4-2-3-10(7-11)8-13/h2-4,7,14H,5-6,8-9,13H2,1H3. The summed E-state index contributed by atoms with van der Waals surface area (Å²) >= 11 is 1.73. The van der Waals surface area contributed by atoms with Gasteiger partial charge in [0.1, 0.15) is 0 Å². The minimum Gasteiger partial charge on any atom is -0.326 e. The monoisotopic (exact) mass is 286 g/mol. The summed E-state index contributed by atoms with van der Waals surface area (Å²) in [4.78, 5) is 0.294. The molecule has 2 rings (SSSR count). The molecule has 4 nitrogen and oxygen atoms in total. The lowest BCUT2D eigenvalue weighted by molar-refractivity contribution is 0.579. The first-order chi connectivity index (χ1) is 8.51. The van der Waals surface area contributed by atoms with Crippen LogP contribution >= 0.6 is 11.8 Å². The average molecular weight is 286 g/mol. The van der Waals surface area contributed by atoms with Crippen molar-refractivity contribution in [3.63, 3.8) is 0 Å². The molecule has 1 aromatic rings. The van der Waals surface area contributed by atoms with Crippen LogP contribution in [-0.2, 0) is 16.6 Å². The second-order valence-electron chi connectivity index (χ2n) is 4.56. The number of hydrogen-bond donors (Lipinski definition) is 2. The quantitative estimate of drug-likeness (QED) is 0.827. The number of hydrogen-bond acceptors (Lipinski definition) is 4. The van der Waals surface area contributed by atoms with Crippen molar-refractivity contribution >= 4 is 21.8 Å². The zero-order valence-electron chi connectivity index (χ0n) is 10.3. The SMILES string of the molecule is CSC1(CNS(=O)(=O)c2cccc(CN)c2)CC1. The largest absolute Gasteiger partial charge is 0.326 e. The fraction of sp³-hybridized carbons (Fsp3) is 0.500. The molecule has 0 aromatic heterocycles. The molecule has 0 bridgehead atoms. The number of sulfonamides is 1. The molecule has 1 aromatic carbocycles. The molecule has 0 unspecified atom stereocenters. The predicted molar refractivity (Wildman–Crippen MR) is 75.0 cm³/mol. The Kier molecular flexibility index (Phi) is 4.01. The molecule has 0 amide bonds. The van der Waals surface area contributed by atoms with E-state index in [0.29, 0.717) is 18.0 Å². The molecule has 100 valence electrons. The summed E-state index contributed by atoms with van der Waals surface area (Å²) in [5.74, 6) is 0. The minimum absolute atomic E-state index is 0.124. The maximum atomic E-state index is 12.1. The second-order valence-corrected chi connectivity index (χ2v) is 7.60. The highest BCUT2D eigenvalue weighted by Gasteiger charge is 2.42. The van der Waals surface area contributed by atoms with Gasteiger partial charge in [-0.3, -0.25) is 0 Å². The van der Waals surface area contributed by atoms with E-state index in [9.17, 15) is 8.42 Å². The second kappa shape index (κ2) is 5.21. The molecule has 1 saturated carbocycles. The predicted octanol–water partition coefficient (Wildman–Crippen LogP) is 1.32. The molecular weight excluding hydrogens is 268 g/mol. The van der Waals surface area contributed by atoms with Crippen LogP contribution in [0.5, 0.6) is 0 Å². The van der Waals surface area contributed by atoms with Gasteiger partial charge < -0.3 is 5.73 Å². The number of benzene rings is 1. The molecule has 6 heteroatoms. The van der Waals surface area contributed by atoms with Crippen molar-refractivity contribution in [2.24, 2.45) is 5.73 Å². The van der Waals surface area contributed by atoms with Crippen LogP contribution < -0.4 is 10.5 Å². The van der Waals surface area contributed by atoms with Gasteiger partial charge in [-0.25, -0.2) is 13.1 Å². The Morgan fingerprint density at radius 1 is 1.44 bits per heavy atom. The molecule has 0 aliphatic heterocycles. The fourth-order valence-corrected chi connectivity index (χ4v) is 3.76. The average Bonchev–Trinajstić information content (AvgIpc) is 3.17. The van der Waals surface area contributed by atoms with E-state index < -0.39 is 10.0 Å². The first-order valence-corrected chi connectivity index (χ1v) is 8.56. The first kappa shape index (κ1) is 13.9. The van der Waals surface area contributed by atoms with Gasteiger partial charge >= 0.3 is 0 Å². The lowest BCUT2D eigenvalue weighted by Crippen LogP contribution is -2.31. The van der Waals surface area contributed by atoms with E-state index in [0.717, 1.165) is 18.4 Å². The summed E-state index contributed by atoms with van der Waals surface area (Å²) in [6.07, 6.45) is 4.19. The van der Waals surface area contributed by atoms with Crippen molar-refractivity contribution in [3.05, 3.63) is 29.8 Å². The summed E-state index contributed by atoms with van der Waals surface area (Å²) in [6.45, 7) is 0.849. The Labute approximate surface area is 112 Å². The number of rotatable bonds is 6. The Bertz CT molecular complexity index is 525. The Balaban J connectivity index is 2.10. The summed E-state index contributed by atoms with van der Waals surface area (Å²) in [5, 5.41) is 0. The third kappa shape index (κ3) is 3.06. The van der Waals surface area contributed by atoms with Gasteiger partial charge in [0.25, 0.3) is 0 Å².